The first-order chi connectivity index (χ1) is 21.8. The standard InChI is InChI=1S/C40H83O4P/c1-39(2)35-31-27-23-19-15-11-7-5-9-13-17-21-25-29-33-37-43-45(41,42)44-38-34-30-26-22-18-14-10-6-8-12-16-20-24-28-32-36-40(3)4/h39-40H,5-38H2,1-4H3,(H,41,42). The zero-order chi connectivity index (χ0) is 33.1. The number of hydrogen-bond donors (Lipinski definition) is 1. The highest BCUT2D eigenvalue weighted by molar-refractivity contribution is 7.47. The lowest BCUT2D eigenvalue weighted by Crippen LogP contribution is -1.99. The summed E-state index contributed by atoms with van der Waals surface area (Å²) in [4.78, 5) is 9.91. The van der Waals surface area contributed by atoms with E-state index in [1.807, 2.05) is 0 Å². The maximum absolute atomic E-state index is 12.1. The van der Waals surface area contributed by atoms with Crippen LogP contribution in [0, 0.1) is 11.8 Å². The molecule has 0 radical (unpaired) electrons. The Kier molecular flexibility index (Phi) is 35.5. The monoisotopic (exact) mass is 659 g/mol. The Balaban J connectivity index is 3.27. The van der Waals surface area contributed by atoms with Crippen LogP contribution in [0.4, 0.5) is 0 Å². The molecule has 0 atom stereocenters. The number of unbranched alkanes of at least 4 members (excludes halogenated alkanes) is 28. The molecule has 4 nitrogen and oxygen atoms in total. The van der Waals surface area contributed by atoms with Gasteiger partial charge >= 0.3 is 7.82 Å². The third-order valence-corrected chi connectivity index (χ3v) is 10.4. The molecular formula is C40H83O4P. The second-order valence-electron chi connectivity index (χ2n) is 15.1. The minimum Gasteiger partial charge on any atom is -0.302 e. The van der Waals surface area contributed by atoms with Crippen LogP contribution in [0.15, 0.2) is 0 Å². The lowest BCUT2D eigenvalue weighted by atomic mass is 10.0. The highest BCUT2D eigenvalue weighted by Crippen LogP contribution is 2.43. The molecular weight excluding hydrogens is 575 g/mol. The largest absolute Gasteiger partial charge is 0.472 e. The Morgan fingerprint density at radius 2 is 0.533 bits per heavy atom. The topological polar surface area (TPSA) is 55.8 Å². The molecule has 0 aliphatic heterocycles. The fourth-order valence-corrected chi connectivity index (χ4v) is 7.10. The highest BCUT2D eigenvalue weighted by atomic mass is 31.2. The molecule has 5 heteroatoms. The summed E-state index contributed by atoms with van der Waals surface area (Å²) in [6.45, 7) is 9.95. The smallest absolute Gasteiger partial charge is 0.302 e. The van der Waals surface area contributed by atoms with Crippen LogP contribution in [0.2, 0.25) is 0 Å². The zero-order valence-electron chi connectivity index (χ0n) is 31.3. The van der Waals surface area contributed by atoms with Crippen LogP contribution in [-0.4, -0.2) is 18.1 Å². The predicted octanol–water partition coefficient (Wildman–Crippen LogP) is 14.9. The van der Waals surface area contributed by atoms with Gasteiger partial charge in [0, 0.05) is 0 Å². The van der Waals surface area contributed by atoms with Crippen LogP contribution in [-0.2, 0) is 13.6 Å². The SMILES string of the molecule is CC(C)CCCCCCCCCCCCCCCCCOP(=O)(O)OCCCCCCCCCCCCCCCCCC(C)C. The van der Waals surface area contributed by atoms with Gasteiger partial charge < -0.3 is 4.89 Å². The predicted molar refractivity (Wildman–Crippen MR) is 199 cm³/mol. The van der Waals surface area contributed by atoms with Gasteiger partial charge in [-0.25, -0.2) is 4.57 Å². The molecule has 45 heavy (non-hydrogen) atoms. The summed E-state index contributed by atoms with van der Waals surface area (Å²) >= 11 is 0. The Morgan fingerprint density at radius 1 is 0.356 bits per heavy atom. The third-order valence-electron chi connectivity index (χ3n) is 9.36. The number of phosphoric ester groups is 1. The fourth-order valence-electron chi connectivity index (χ4n) is 6.30. The molecule has 0 amide bonds. The molecule has 0 bridgehead atoms. The van der Waals surface area contributed by atoms with Gasteiger partial charge in [-0.3, -0.25) is 9.05 Å². The molecule has 272 valence electrons. The molecule has 0 aromatic carbocycles. The molecule has 0 aromatic heterocycles. The van der Waals surface area contributed by atoms with Crippen LogP contribution in [0.5, 0.6) is 0 Å². The van der Waals surface area contributed by atoms with Gasteiger partial charge in [-0.1, -0.05) is 220 Å². The molecule has 0 aliphatic rings. The molecule has 0 rings (SSSR count). The molecule has 0 heterocycles. The van der Waals surface area contributed by atoms with Gasteiger partial charge in [-0.15, -0.1) is 0 Å². The van der Waals surface area contributed by atoms with Gasteiger partial charge in [0.1, 0.15) is 0 Å². The molecule has 0 fully saturated rings. The number of hydrogen-bond acceptors (Lipinski definition) is 3. The van der Waals surface area contributed by atoms with Crippen LogP contribution >= 0.6 is 7.82 Å². The van der Waals surface area contributed by atoms with Gasteiger partial charge in [0.15, 0.2) is 0 Å². The Morgan fingerprint density at radius 3 is 0.733 bits per heavy atom. The second-order valence-corrected chi connectivity index (χ2v) is 16.6. The van der Waals surface area contributed by atoms with Gasteiger partial charge in [0.2, 0.25) is 0 Å². The Labute approximate surface area is 284 Å². The van der Waals surface area contributed by atoms with Crippen molar-refractivity contribution in [3.8, 4) is 0 Å². The summed E-state index contributed by atoms with van der Waals surface area (Å²) in [6, 6.07) is 0. The van der Waals surface area contributed by atoms with Crippen molar-refractivity contribution < 1.29 is 18.5 Å². The van der Waals surface area contributed by atoms with E-state index < -0.39 is 7.82 Å². The van der Waals surface area contributed by atoms with E-state index in [1.165, 1.54) is 180 Å². The average Bonchev–Trinajstić information content (AvgIpc) is 2.99. The van der Waals surface area contributed by atoms with E-state index in [-0.39, 0.29) is 0 Å². The highest BCUT2D eigenvalue weighted by Gasteiger charge is 2.19. The molecule has 0 spiro atoms. The van der Waals surface area contributed by atoms with Crippen molar-refractivity contribution >= 4 is 7.82 Å². The maximum Gasteiger partial charge on any atom is 0.472 e. The van der Waals surface area contributed by atoms with Crippen LogP contribution in [0.25, 0.3) is 0 Å². The zero-order valence-corrected chi connectivity index (χ0v) is 32.2. The second kappa shape index (κ2) is 35.4. The van der Waals surface area contributed by atoms with E-state index >= 15 is 0 Å². The molecule has 0 unspecified atom stereocenters. The Hall–Kier alpha value is 0.110. The summed E-state index contributed by atoms with van der Waals surface area (Å²) in [7, 11) is -3.88. The quantitative estimate of drug-likeness (QED) is 0.0530. The molecule has 0 saturated carbocycles. The van der Waals surface area contributed by atoms with Gasteiger partial charge in [0.25, 0.3) is 0 Å². The lowest BCUT2D eigenvalue weighted by Gasteiger charge is -2.12. The van der Waals surface area contributed by atoms with E-state index in [0.717, 1.165) is 37.5 Å². The normalized spacial score (nSPS) is 12.2. The first kappa shape index (κ1) is 45.1. The van der Waals surface area contributed by atoms with Crippen molar-refractivity contribution in [2.45, 2.75) is 233 Å². The lowest BCUT2D eigenvalue weighted by molar-refractivity contribution is 0.145. The van der Waals surface area contributed by atoms with Crippen molar-refractivity contribution in [3.05, 3.63) is 0 Å². The van der Waals surface area contributed by atoms with E-state index in [9.17, 15) is 9.46 Å². The van der Waals surface area contributed by atoms with Crippen molar-refractivity contribution in [1.29, 1.82) is 0 Å². The minimum absolute atomic E-state index is 0.323. The maximum atomic E-state index is 12.1. The average molecular weight is 659 g/mol. The van der Waals surface area contributed by atoms with Crippen molar-refractivity contribution in [2.75, 3.05) is 13.2 Å². The molecule has 0 saturated heterocycles. The summed E-state index contributed by atoms with van der Waals surface area (Å²) in [5.41, 5.74) is 0. The van der Waals surface area contributed by atoms with E-state index in [1.54, 1.807) is 0 Å². The minimum atomic E-state index is -3.88. The van der Waals surface area contributed by atoms with Gasteiger partial charge in [-0.2, -0.15) is 0 Å². The van der Waals surface area contributed by atoms with Crippen molar-refractivity contribution in [2.24, 2.45) is 11.8 Å². The summed E-state index contributed by atoms with van der Waals surface area (Å²) in [5, 5.41) is 0. The third kappa shape index (κ3) is 40.2. The van der Waals surface area contributed by atoms with Crippen molar-refractivity contribution in [3.63, 3.8) is 0 Å². The van der Waals surface area contributed by atoms with Gasteiger partial charge in [-0.05, 0) is 24.7 Å². The van der Waals surface area contributed by atoms with Gasteiger partial charge in [0.05, 0.1) is 13.2 Å². The first-order valence-corrected chi connectivity index (χ1v) is 21.9. The van der Waals surface area contributed by atoms with Crippen LogP contribution in [0.3, 0.4) is 0 Å². The van der Waals surface area contributed by atoms with Crippen LogP contribution in [0.1, 0.15) is 233 Å². The first-order valence-electron chi connectivity index (χ1n) is 20.5. The summed E-state index contributed by atoms with van der Waals surface area (Å²) in [6.07, 6.45) is 42.3. The fraction of sp³-hybridized carbons (Fsp3) is 1.00. The van der Waals surface area contributed by atoms with Crippen molar-refractivity contribution in [1.82, 2.24) is 0 Å². The number of phosphoric acid groups is 1. The van der Waals surface area contributed by atoms with Crippen LogP contribution < -0.4 is 0 Å². The molecule has 1 N–H and O–H groups in total. The van der Waals surface area contributed by atoms with E-state index in [4.69, 9.17) is 9.05 Å². The Bertz CT molecular complexity index is 561. The number of rotatable bonds is 38. The summed E-state index contributed by atoms with van der Waals surface area (Å²) in [5.74, 6) is 1.73. The van der Waals surface area contributed by atoms with E-state index in [0.29, 0.717) is 13.2 Å². The summed E-state index contributed by atoms with van der Waals surface area (Å²) < 4.78 is 22.5. The van der Waals surface area contributed by atoms with E-state index in [2.05, 4.69) is 27.7 Å². The molecule has 0 aromatic rings. The molecule has 0 aliphatic carbocycles.